The van der Waals surface area contributed by atoms with Crippen molar-refractivity contribution in [2.24, 2.45) is 5.92 Å². The van der Waals surface area contributed by atoms with Gasteiger partial charge in [0.05, 0.1) is 6.61 Å². The molecule has 2 aliphatic heterocycles. The topological polar surface area (TPSA) is 76.2 Å². The number of hydrogen-bond acceptors (Lipinski definition) is 5. The maximum atomic E-state index is 13.3. The zero-order valence-corrected chi connectivity index (χ0v) is 24.4. The second-order valence-electron chi connectivity index (χ2n) is 12.4. The molecule has 39 heavy (non-hydrogen) atoms. The summed E-state index contributed by atoms with van der Waals surface area (Å²) in [4.78, 5) is 41.9. The molecule has 3 amide bonds. The number of fused-ring (bicyclic) bond motifs is 1. The molecular formula is C31H40N2O5Si. The standard InChI is InChI=1S/C31H40N2O5Si/c1-39(2,3)14-13-37-21-33-29(34)12-11-28(31(33)36)32-18-26-17-24(9-10-27(26)30(32)35)25-15-23(16-25)20-38-19-22-7-5-4-6-8-22/h4-10,17,23,25,28H,11-16,18-21H2,1-3H3. The van der Waals surface area contributed by atoms with Crippen LogP contribution < -0.4 is 0 Å². The summed E-state index contributed by atoms with van der Waals surface area (Å²) in [6.45, 7) is 9.11. The molecule has 0 spiro atoms. The van der Waals surface area contributed by atoms with Crippen LogP contribution in [0, 0.1) is 5.92 Å². The zero-order valence-electron chi connectivity index (χ0n) is 23.4. The first-order valence-corrected chi connectivity index (χ1v) is 17.9. The van der Waals surface area contributed by atoms with Crippen LogP contribution in [0.25, 0.3) is 0 Å². The smallest absolute Gasteiger partial charge is 0.255 e. The number of imide groups is 1. The molecule has 3 aliphatic rings. The average Bonchev–Trinajstić information content (AvgIpc) is 3.20. The molecule has 0 radical (unpaired) electrons. The van der Waals surface area contributed by atoms with Gasteiger partial charge in [0.1, 0.15) is 12.8 Å². The number of ether oxygens (including phenoxy) is 2. The fourth-order valence-electron chi connectivity index (χ4n) is 5.71. The predicted octanol–water partition coefficient (Wildman–Crippen LogP) is 5.18. The second-order valence-corrected chi connectivity index (χ2v) is 18.1. The molecule has 7 nitrogen and oxygen atoms in total. The third-order valence-electron chi connectivity index (χ3n) is 8.21. The van der Waals surface area contributed by atoms with E-state index in [9.17, 15) is 14.4 Å². The molecule has 0 N–H and O–H groups in total. The van der Waals surface area contributed by atoms with Gasteiger partial charge in [-0.25, -0.2) is 0 Å². The number of carbonyl (C=O) groups excluding carboxylic acids is 3. The van der Waals surface area contributed by atoms with Crippen LogP contribution in [0.3, 0.4) is 0 Å². The summed E-state index contributed by atoms with van der Waals surface area (Å²) in [6, 6.07) is 16.7. The van der Waals surface area contributed by atoms with Crippen molar-refractivity contribution >= 4 is 25.8 Å². The Bertz CT molecular complexity index is 1210. The quantitative estimate of drug-likeness (QED) is 0.220. The maximum Gasteiger partial charge on any atom is 0.255 e. The van der Waals surface area contributed by atoms with Crippen molar-refractivity contribution in [1.82, 2.24) is 9.80 Å². The van der Waals surface area contributed by atoms with Crippen LogP contribution in [0.1, 0.15) is 58.6 Å². The van der Waals surface area contributed by atoms with Crippen molar-refractivity contribution in [2.45, 2.75) is 76.5 Å². The monoisotopic (exact) mass is 548 g/mol. The van der Waals surface area contributed by atoms with E-state index in [0.29, 0.717) is 43.6 Å². The Morgan fingerprint density at radius 1 is 0.974 bits per heavy atom. The van der Waals surface area contributed by atoms with Crippen LogP contribution in [0.2, 0.25) is 25.7 Å². The molecule has 8 heteroatoms. The van der Waals surface area contributed by atoms with Gasteiger partial charge in [0.15, 0.2) is 0 Å². The Morgan fingerprint density at radius 3 is 2.49 bits per heavy atom. The number of hydrogen-bond donors (Lipinski definition) is 0. The molecule has 1 aliphatic carbocycles. The van der Waals surface area contributed by atoms with Crippen LogP contribution in [-0.2, 0) is 32.2 Å². The first-order chi connectivity index (χ1) is 18.7. The summed E-state index contributed by atoms with van der Waals surface area (Å²) in [5, 5.41) is 0. The molecule has 2 aromatic carbocycles. The van der Waals surface area contributed by atoms with Crippen molar-refractivity contribution in [3.8, 4) is 0 Å². The Kier molecular flexibility index (Phi) is 8.35. The number of likely N-dealkylation sites (tertiary alicyclic amines) is 1. The molecule has 0 aromatic heterocycles. The van der Waals surface area contributed by atoms with Gasteiger partial charge in [-0.15, -0.1) is 0 Å². The van der Waals surface area contributed by atoms with Crippen LogP contribution in [0.5, 0.6) is 0 Å². The summed E-state index contributed by atoms with van der Waals surface area (Å²) in [5.74, 6) is 0.370. The number of carbonyl (C=O) groups is 3. The van der Waals surface area contributed by atoms with Crippen molar-refractivity contribution in [3.05, 3.63) is 70.8 Å². The Morgan fingerprint density at radius 2 is 1.74 bits per heavy atom. The number of rotatable bonds is 11. The van der Waals surface area contributed by atoms with Crippen LogP contribution in [-0.4, -0.2) is 61.6 Å². The van der Waals surface area contributed by atoms with Gasteiger partial charge < -0.3 is 14.4 Å². The summed E-state index contributed by atoms with van der Waals surface area (Å²) in [5.41, 5.74) is 4.09. The minimum atomic E-state index is -1.27. The summed E-state index contributed by atoms with van der Waals surface area (Å²) < 4.78 is 11.6. The zero-order chi connectivity index (χ0) is 27.6. The minimum Gasteiger partial charge on any atom is -0.376 e. The van der Waals surface area contributed by atoms with Gasteiger partial charge in [0, 0.05) is 39.8 Å². The van der Waals surface area contributed by atoms with Crippen molar-refractivity contribution in [2.75, 3.05) is 19.9 Å². The van der Waals surface area contributed by atoms with E-state index in [0.717, 1.165) is 31.1 Å². The lowest BCUT2D eigenvalue weighted by atomic mass is 9.71. The van der Waals surface area contributed by atoms with E-state index in [4.69, 9.17) is 9.47 Å². The van der Waals surface area contributed by atoms with Crippen molar-refractivity contribution in [1.29, 1.82) is 0 Å². The Hall–Kier alpha value is -2.81. The first kappa shape index (κ1) is 27.7. The lowest BCUT2D eigenvalue weighted by Crippen LogP contribution is -2.55. The average molecular weight is 549 g/mol. The van der Waals surface area contributed by atoms with Crippen LogP contribution in [0.4, 0.5) is 0 Å². The van der Waals surface area contributed by atoms with Gasteiger partial charge in [-0.2, -0.15) is 0 Å². The maximum absolute atomic E-state index is 13.3. The van der Waals surface area contributed by atoms with Gasteiger partial charge in [0.2, 0.25) is 5.91 Å². The predicted molar refractivity (Wildman–Crippen MR) is 152 cm³/mol. The molecule has 1 unspecified atom stereocenters. The van der Waals surface area contributed by atoms with E-state index in [1.54, 1.807) is 4.90 Å². The number of nitrogens with zero attached hydrogens (tertiary/aromatic N) is 2. The molecule has 1 saturated heterocycles. The number of piperidine rings is 1. The van der Waals surface area contributed by atoms with Gasteiger partial charge in [-0.1, -0.05) is 62.1 Å². The molecule has 0 bridgehead atoms. The summed E-state index contributed by atoms with van der Waals surface area (Å²) in [7, 11) is -1.27. The second kappa shape index (κ2) is 11.7. The molecule has 2 aromatic rings. The van der Waals surface area contributed by atoms with Crippen LogP contribution in [0.15, 0.2) is 48.5 Å². The fraction of sp³-hybridized carbons (Fsp3) is 0.516. The normalized spacial score (nSPS) is 23.3. The highest BCUT2D eigenvalue weighted by molar-refractivity contribution is 6.76. The lowest BCUT2D eigenvalue weighted by molar-refractivity contribution is -0.158. The van der Waals surface area contributed by atoms with E-state index >= 15 is 0 Å². The molecule has 2 fully saturated rings. The van der Waals surface area contributed by atoms with Gasteiger partial charge >= 0.3 is 0 Å². The van der Waals surface area contributed by atoms with E-state index in [2.05, 4.69) is 43.9 Å². The summed E-state index contributed by atoms with van der Waals surface area (Å²) in [6.07, 6.45) is 2.78. The van der Waals surface area contributed by atoms with E-state index in [-0.39, 0.29) is 30.9 Å². The highest BCUT2D eigenvalue weighted by Crippen LogP contribution is 2.43. The van der Waals surface area contributed by atoms with E-state index in [1.807, 2.05) is 24.3 Å². The van der Waals surface area contributed by atoms with Crippen molar-refractivity contribution in [3.63, 3.8) is 0 Å². The molecule has 5 rings (SSSR count). The largest absolute Gasteiger partial charge is 0.376 e. The number of benzene rings is 2. The van der Waals surface area contributed by atoms with Gasteiger partial charge in [0.25, 0.3) is 11.8 Å². The Labute approximate surface area is 232 Å². The van der Waals surface area contributed by atoms with E-state index in [1.165, 1.54) is 16.0 Å². The molecule has 2 heterocycles. The third-order valence-corrected chi connectivity index (χ3v) is 9.91. The molecular weight excluding hydrogens is 508 g/mol. The first-order valence-electron chi connectivity index (χ1n) is 14.2. The molecule has 1 saturated carbocycles. The lowest BCUT2D eigenvalue weighted by Gasteiger charge is -2.36. The summed E-state index contributed by atoms with van der Waals surface area (Å²) >= 11 is 0. The molecule has 1 atom stereocenters. The highest BCUT2D eigenvalue weighted by atomic mass is 28.3. The van der Waals surface area contributed by atoms with Crippen molar-refractivity contribution < 1.29 is 23.9 Å². The third kappa shape index (κ3) is 6.50. The highest BCUT2D eigenvalue weighted by Gasteiger charge is 2.43. The Balaban J connectivity index is 1.14. The number of amides is 3. The van der Waals surface area contributed by atoms with Crippen LogP contribution >= 0.6 is 0 Å². The van der Waals surface area contributed by atoms with Gasteiger partial charge in [-0.05, 0) is 59.9 Å². The fourth-order valence-corrected chi connectivity index (χ4v) is 6.47. The minimum absolute atomic E-state index is 0.0321. The van der Waals surface area contributed by atoms with E-state index < -0.39 is 14.1 Å². The SMILES string of the molecule is C[Si](C)(C)CCOCN1C(=O)CCC(N2Cc3cc(C4CC(COCc5ccccc5)C4)ccc3C2=O)C1=O. The molecule has 208 valence electrons. The van der Waals surface area contributed by atoms with Gasteiger partial charge in [-0.3, -0.25) is 19.3 Å².